The van der Waals surface area contributed by atoms with Crippen molar-refractivity contribution >= 4 is 21.7 Å². The highest BCUT2D eigenvalue weighted by Crippen LogP contribution is 2.35. The number of hydrogen-bond donors (Lipinski definition) is 1. The van der Waals surface area contributed by atoms with E-state index >= 15 is 0 Å². The molecule has 2 aliphatic rings. The Morgan fingerprint density at radius 3 is 2.05 bits per heavy atom. The summed E-state index contributed by atoms with van der Waals surface area (Å²) in [6.07, 6.45) is 14.4. The second-order valence-corrected chi connectivity index (χ2v) is 7.15. The second kappa shape index (κ2) is 6.95. The Bertz CT molecular complexity index is 500. The van der Waals surface area contributed by atoms with Crippen LogP contribution >= 0.6 is 15.9 Å². The smallest absolute Gasteiger partial charge is 0.267 e. The maximum Gasteiger partial charge on any atom is 0.267 e. The van der Waals surface area contributed by atoms with E-state index in [9.17, 15) is 4.79 Å². The van der Waals surface area contributed by atoms with E-state index in [0.29, 0.717) is 16.6 Å². The molecule has 2 fully saturated rings. The fourth-order valence-electron chi connectivity index (χ4n) is 3.92. The Balaban J connectivity index is 1.93. The summed E-state index contributed by atoms with van der Waals surface area (Å²) in [5, 5.41) is 0. The number of rotatable bonds is 3. The highest BCUT2D eigenvalue weighted by molar-refractivity contribution is 9.10. The average Bonchev–Trinajstić information content (AvgIpc) is 2.54. The van der Waals surface area contributed by atoms with Crippen LogP contribution in [0.25, 0.3) is 0 Å². The summed E-state index contributed by atoms with van der Waals surface area (Å²) in [5.74, 6) is 0.859. The monoisotopic (exact) mass is 353 g/mol. The van der Waals surface area contributed by atoms with Gasteiger partial charge in [-0.15, -0.1) is 0 Å². The molecule has 0 saturated heterocycles. The van der Waals surface area contributed by atoms with Crippen molar-refractivity contribution in [2.75, 3.05) is 4.90 Å². The molecule has 0 amide bonds. The van der Waals surface area contributed by atoms with Gasteiger partial charge in [-0.3, -0.25) is 4.79 Å². The molecule has 0 spiro atoms. The van der Waals surface area contributed by atoms with E-state index in [1.165, 1.54) is 64.2 Å². The Kier molecular flexibility index (Phi) is 4.99. The highest BCUT2D eigenvalue weighted by Gasteiger charge is 2.31. The molecule has 1 heterocycles. The summed E-state index contributed by atoms with van der Waals surface area (Å²) in [6.45, 7) is 0. The van der Waals surface area contributed by atoms with Gasteiger partial charge in [-0.1, -0.05) is 38.5 Å². The first-order chi connectivity index (χ1) is 10.3. The van der Waals surface area contributed by atoms with Crippen LogP contribution in [0, 0.1) is 0 Å². The number of nitrogens with one attached hydrogen (secondary N) is 1. The zero-order chi connectivity index (χ0) is 14.7. The Morgan fingerprint density at radius 2 is 1.52 bits per heavy atom. The van der Waals surface area contributed by atoms with Crippen molar-refractivity contribution in [3.63, 3.8) is 0 Å². The molecule has 0 atom stereocenters. The lowest BCUT2D eigenvalue weighted by Gasteiger charge is -2.42. The fraction of sp³-hybridized carbons (Fsp3) is 0.750. The molecule has 0 bridgehead atoms. The van der Waals surface area contributed by atoms with E-state index in [2.05, 4.69) is 30.8 Å². The molecule has 0 radical (unpaired) electrons. The van der Waals surface area contributed by atoms with Crippen molar-refractivity contribution < 1.29 is 0 Å². The molecule has 1 N–H and O–H groups in total. The van der Waals surface area contributed by atoms with Crippen molar-refractivity contribution in [2.45, 2.75) is 76.3 Å². The minimum Gasteiger partial charge on any atom is -0.349 e. The predicted molar refractivity (Wildman–Crippen MR) is 88.8 cm³/mol. The molecule has 4 nitrogen and oxygen atoms in total. The summed E-state index contributed by atoms with van der Waals surface area (Å²) in [6, 6.07) is 1.10. The molecule has 2 saturated carbocycles. The van der Waals surface area contributed by atoms with E-state index in [1.807, 2.05) is 0 Å². The van der Waals surface area contributed by atoms with Crippen LogP contribution in [0.2, 0.25) is 0 Å². The van der Waals surface area contributed by atoms with E-state index in [-0.39, 0.29) is 5.56 Å². The summed E-state index contributed by atoms with van der Waals surface area (Å²) < 4.78 is 0.598. The molecule has 116 valence electrons. The number of aromatic nitrogens is 2. The number of anilines is 1. The second-order valence-electron chi connectivity index (χ2n) is 6.36. The first-order valence-corrected chi connectivity index (χ1v) is 9.08. The summed E-state index contributed by atoms with van der Waals surface area (Å²) in [4.78, 5) is 21.6. The maximum absolute atomic E-state index is 11.9. The minimum absolute atomic E-state index is 0.0726. The number of aromatic amines is 1. The van der Waals surface area contributed by atoms with Gasteiger partial charge in [-0.05, 0) is 41.6 Å². The van der Waals surface area contributed by atoms with Gasteiger partial charge in [0.15, 0.2) is 5.82 Å². The SMILES string of the molecule is O=c1[nH]cnc(N(C2CCCCC2)C2CCCCC2)c1Br. The van der Waals surface area contributed by atoms with Gasteiger partial charge in [0.2, 0.25) is 0 Å². The summed E-state index contributed by atoms with van der Waals surface area (Å²) in [7, 11) is 0. The first-order valence-electron chi connectivity index (χ1n) is 8.29. The highest BCUT2D eigenvalue weighted by atomic mass is 79.9. The van der Waals surface area contributed by atoms with Crippen molar-refractivity contribution in [3.05, 3.63) is 21.2 Å². The van der Waals surface area contributed by atoms with E-state index in [4.69, 9.17) is 0 Å². The number of halogens is 1. The van der Waals surface area contributed by atoms with Crippen LogP contribution in [0.1, 0.15) is 64.2 Å². The van der Waals surface area contributed by atoms with E-state index in [0.717, 1.165) is 5.82 Å². The third-order valence-corrected chi connectivity index (χ3v) is 5.67. The molecule has 5 heteroatoms. The van der Waals surface area contributed by atoms with Gasteiger partial charge in [0, 0.05) is 12.1 Å². The van der Waals surface area contributed by atoms with Gasteiger partial charge >= 0.3 is 0 Å². The third kappa shape index (κ3) is 3.33. The van der Waals surface area contributed by atoms with Gasteiger partial charge < -0.3 is 9.88 Å². The average molecular weight is 354 g/mol. The molecule has 0 unspecified atom stereocenters. The summed E-state index contributed by atoms with van der Waals surface area (Å²) in [5.41, 5.74) is -0.0726. The van der Waals surface area contributed by atoms with Gasteiger partial charge in [-0.25, -0.2) is 4.98 Å². The van der Waals surface area contributed by atoms with Crippen molar-refractivity contribution in [3.8, 4) is 0 Å². The number of H-pyrrole nitrogens is 1. The standard InChI is InChI=1S/C16H24BrN3O/c17-14-15(18-11-19-16(14)21)20(12-7-3-1-4-8-12)13-9-5-2-6-10-13/h11-13H,1-10H2,(H,18,19,21). The van der Waals surface area contributed by atoms with Crippen LogP contribution in [0.3, 0.4) is 0 Å². The molecule has 0 aliphatic heterocycles. The van der Waals surface area contributed by atoms with Crippen molar-refractivity contribution in [2.24, 2.45) is 0 Å². The van der Waals surface area contributed by atoms with Gasteiger partial charge in [-0.2, -0.15) is 0 Å². The molecule has 1 aromatic rings. The quantitative estimate of drug-likeness (QED) is 0.892. The van der Waals surface area contributed by atoms with Crippen molar-refractivity contribution in [1.29, 1.82) is 0 Å². The third-order valence-electron chi connectivity index (χ3n) is 4.96. The van der Waals surface area contributed by atoms with E-state index < -0.39 is 0 Å². The first kappa shape index (κ1) is 15.1. The molecule has 21 heavy (non-hydrogen) atoms. The van der Waals surface area contributed by atoms with E-state index in [1.54, 1.807) is 6.33 Å². The Labute approximate surface area is 134 Å². The number of nitrogens with zero attached hydrogens (tertiary/aromatic N) is 2. The maximum atomic E-state index is 11.9. The van der Waals surface area contributed by atoms with Gasteiger partial charge in [0.25, 0.3) is 5.56 Å². The Morgan fingerprint density at radius 1 is 1.00 bits per heavy atom. The molecule has 2 aliphatic carbocycles. The summed E-state index contributed by atoms with van der Waals surface area (Å²) >= 11 is 3.47. The number of hydrogen-bond acceptors (Lipinski definition) is 3. The predicted octanol–water partition coefficient (Wildman–Crippen LogP) is 4.00. The molecule has 0 aromatic carbocycles. The molecular formula is C16H24BrN3O. The molecular weight excluding hydrogens is 330 g/mol. The Hall–Kier alpha value is -0.840. The van der Waals surface area contributed by atoms with Gasteiger partial charge in [0.05, 0.1) is 6.33 Å². The molecule has 1 aromatic heterocycles. The zero-order valence-corrected chi connectivity index (χ0v) is 14.1. The normalized spacial score (nSPS) is 21.4. The topological polar surface area (TPSA) is 49.0 Å². The minimum atomic E-state index is -0.0726. The van der Waals surface area contributed by atoms with Crippen LogP contribution in [-0.2, 0) is 0 Å². The largest absolute Gasteiger partial charge is 0.349 e. The lowest BCUT2D eigenvalue weighted by Crippen LogP contribution is -2.46. The fourth-order valence-corrected chi connectivity index (χ4v) is 4.34. The zero-order valence-electron chi connectivity index (χ0n) is 12.5. The molecule has 3 rings (SSSR count). The van der Waals surface area contributed by atoms with Crippen LogP contribution in [-0.4, -0.2) is 22.1 Å². The van der Waals surface area contributed by atoms with Crippen LogP contribution in [0.4, 0.5) is 5.82 Å². The van der Waals surface area contributed by atoms with Gasteiger partial charge in [0.1, 0.15) is 4.47 Å². The van der Waals surface area contributed by atoms with Crippen LogP contribution in [0.15, 0.2) is 15.6 Å². The lowest BCUT2D eigenvalue weighted by atomic mass is 9.88. The van der Waals surface area contributed by atoms with Crippen molar-refractivity contribution in [1.82, 2.24) is 9.97 Å². The van der Waals surface area contributed by atoms with Crippen LogP contribution in [0.5, 0.6) is 0 Å². The lowest BCUT2D eigenvalue weighted by molar-refractivity contribution is 0.337. The van der Waals surface area contributed by atoms with Crippen LogP contribution < -0.4 is 10.5 Å².